The molecule has 0 radical (unpaired) electrons. The Balaban J connectivity index is 1.47. The Morgan fingerprint density at radius 2 is 1.76 bits per heavy atom. The van der Waals surface area contributed by atoms with Gasteiger partial charge in [-0.15, -0.1) is 0 Å². The van der Waals surface area contributed by atoms with Crippen molar-refractivity contribution in [3.05, 3.63) is 23.8 Å². The third-order valence-corrected chi connectivity index (χ3v) is 16.9. The first-order valence-corrected chi connectivity index (χ1v) is 21.4. The normalized spacial score (nSPS) is 40.1. The van der Waals surface area contributed by atoms with Gasteiger partial charge in [-0.1, -0.05) is 80.9 Å². The van der Waals surface area contributed by atoms with E-state index in [1.807, 2.05) is 18.5 Å². The van der Waals surface area contributed by atoms with E-state index in [2.05, 4.69) is 97.9 Å². The van der Waals surface area contributed by atoms with E-state index in [1.165, 1.54) is 11.9 Å². The molecule has 5 aliphatic rings. The van der Waals surface area contributed by atoms with Crippen LogP contribution in [0.3, 0.4) is 0 Å². The fraction of sp³-hybridized carbons (Fsp3) is 0.864. The van der Waals surface area contributed by atoms with Crippen LogP contribution in [-0.4, -0.2) is 82.1 Å². The van der Waals surface area contributed by atoms with Crippen molar-refractivity contribution in [1.29, 1.82) is 0 Å². The second-order valence-electron chi connectivity index (χ2n) is 20.6. The zero-order chi connectivity index (χ0) is 40.5. The fourth-order valence-electron chi connectivity index (χ4n) is 12.9. The number of nitrogens with zero attached hydrogens (tertiary/aromatic N) is 3. The van der Waals surface area contributed by atoms with E-state index < -0.39 is 12.3 Å². The van der Waals surface area contributed by atoms with Crippen molar-refractivity contribution in [3.8, 4) is 0 Å². The summed E-state index contributed by atoms with van der Waals surface area (Å²) in [4.78, 5) is 30.8. The lowest BCUT2D eigenvalue weighted by molar-refractivity contribution is -0.257. The van der Waals surface area contributed by atoms with Gasteiger partial charge in [0.1, 0.15) is 12.4 Å². The fourth-order valence-corrected chi connectivity index (χ4v) is 12.9. The maximum absolute atomic E-state index is 13.7. The number of aromatic nitrogens is 3. The Labute approximate surface area is 330 Å². The molecule has 11 nitrogen and oxygen atoms in total. The largest absolute Gasteiger partial charge is 0.506 e. The number of allylic oxidation sites excluding steroid dienone is 1. The van der Waals surface area contributed by atoms with Crippen LogP contribution in [0.4, 0.5) is 4.79 Å². The molecule has 11 heteroatoms. The molecule has 310 valence electrons. The SMILES string of the molecule is CCN[C@@](C)(CO[C@H]1[C@H](n2ncnc2C(=O)NC(C)C)C[C@@]23COC[C@]1(C)[C@@H]2CC[C@H]1C3=CC[C@]2(C)[C@H](OC(=O)O)[C@@](C)([C@H](C)C(C)C)CC[C@]12C)C(C)C. The van der Waals surface area contributed by atoms with E-state index in [0.717, 1.165) is 45.1 Å². The van der Waals surface area contributed by atoms with E-state index in [4.69, 9.17) is 19.3 Å². The van der Waals surface area contributed by atoms with E-state index in [9.17, 15) is 14.7 Å². The van der Waals surface area contributed by atoms with Crippen LogP contribution in [0.25, 0.3) is 0 Å². The van der Waals surface area contributed by atoms with Crippen LogP contribution >= 0.6 is 0 Å². The topological polar surface area (TPSA) is 137 Å². The summed E-state index contributed by atoms with van der Waals surface area (Å²) >= 11 is 0. The van der Waals surface area contributed by atoms with Crippen LogP contribution in [0.15, 0.2) is 18.0 Å². The number of amides is 1. The Hall–Kier alpha value is -2.50. The van der Waals surface area contributed by atoms with E-state index in [-0.39, 0.29) is 68.5 Å². The summed E-state index contributed by atoms with van der Waals surface area (Å²) in [5.41, 5.74) is -0.334. The lowest BCUT2D eigenvalue weighted by Crippen LogP contribution is -2.70. The molecule has 1 aromatic heterocycles. The minimum Gasteiger partial charge on any atom is -0.450 e. The van der Waals surface area contributed by atoms with Gasteiger partial charge in [-0.2, -0.15) is 5.10 Å². The van der Waals surface area contributed by atoms with Crippen molar-refractivity contribution < 1.29 is 28.9 Å². The number of rotatable bonds is 12. The van der Waals surface area contributed by atoms with Gasteiger partial charge >= 0.3 is 6.16 Å². The van der Waals surface area contributed by atoms with Crippen molar-refractivity contribution in [1.82, 2.24) is 25.4 Å². The molecule has 3 N–H and O–H groups in total. The monoisotopic (exact) mass is 768 g/mol. The van der Waals surface area contributed by atoms with Gasteiger partial charge in [0.2, 0.25) is 5.82 Å². The average molecular weight is 768 g/mol. The summed E-state index contributed by atoms with van der Waals surface area (Å²) in [6, 6.07) is -0.309. The number of ether oxygens (including phenoxy) is 3. The van der Waals surface area contributed by atoms with Crippen molar-refractivity contribution in [3.63, 3.8) is 0 Å². The number of hydrogen-bond donors (Lipinski definition) is 3. The minimum atomic E-state index is -1.18. The van der Waals surface area contributed by atoms with E-state index >= 15 is 0 Å². The number of fused-ring (bicyclic) bond motifs is 3. The van der Waals surface area contributed by atoms with Crippen molar-refractivity contribution >= 4 is 12.1 Å². The van der Waals surface area contributed by atoms with Crippen molar-refractivity contribution in [2.24, 2.45) is 56.7 Å². The number of carboxylic acid groups (broad SMARTS) is 1. The highest BCUT2D eigenvalue weighted by molar-refractivity contribution is 5.90. The molecule has 1 aliphatic heterocycles. The van der Waals surface area contributed by atoms with Crippen molar-refractivity contribution in [2.45, 2.75) is 158 Å². The summed E-state index contributed by atoms with van der Waals surface area (Å²) in [6.45, 7) is 31.5. The summed E-state index contributed by atoms with van der Waals surface area (Å²) in [7, 11) is 0. The van der Waals surface area contributed by atoms with Gasteiger partial charge in [0.05, 0.1) is 32.0 Å². The van der Waals surface area contributed by atoms with Crippen LogP contribution in [0.1, 0.15) is 145 Å². The highest BCUT2D eigenvalue weighted by Gasteiger charge is 2.72. The van der Waals surface area contributed by atoms with Crippen LogP contribution in [0.5, 0.6) is 0 Å². The predicted molar refractivity (Wildman–Crippen MR) is 214 cm³/mol. The van der Waals surface area contributed by atoms with Crippen LogP contribution in [0.2, 0.25) is 0 Å². The van der Waals surface area contributed by atoms with Gasteiger partial charge in [-0.05, 0) is 101 Å². The Kier molecular flexibility index (Phi) is 11.3. The maximum atomic E-state index is 13.7. The smallest absolute Gasteiger partial charge is 0.450 e. The summed E-state index contributed by atoms with van der Waals surface area (Å²) in [6.07, 6.45) is 7.54. The lowest BCUT2D eigenvalue weighted by atomic mass is 9.35. The summed E-state index contributed by atoms with van der Waals surface area (Å²) < 4.78 is 22.1. The molecule has 0 unspecified atom stereocenters. The quantitative estimate of drug-likeness (QED) is 0.142. The van der Waals surface area contributed by atoms with Gasteiger partial charge < -0.3 is 30.0 Å². The third kappa shape index (κ3) is 6.48. The molecular weight excluding hydrogens is 695 g/mol. The molecule has 4 fully saturated rings. The molecular formula is C44H73N5O6. The Morgan fingerprint density at radius 3 is 2.38 bits per heavy atom. The van der Waals surface area contributed by atoms with Crippen LogP contribution in [-0.2, 0) is 14.2 Å². The molecule has 2 bridgehead atoms. The number of hydrogen-bond acceptors (Lipinski definition) is 8. The Morgan fingerprint density at radius 1 is 1.05 bits per heavy atom. The predicted octanol–water partition coefficient (Wildman–Crippen LogP) is 8.32. The van der Waals surface area contributed by atoms with E-state index in [0.29, 0.717) is 43.4 Å². The molecule has 3 saturated carbocycles. The lowest BCUT2D eigenvalue weighted by Gasteiger charge is -2.71. The minimum absolute atomic E-state index is 0.0486. The highest BCUT2D eigenvalue weighted by atomic mass is 16.7. The van der Waals surface area contributed by atoms with Gasteiger partial charge in [-0.3, -0.25) is 4.79 Å². The first-order chi connectivity index (χ1) is 25.6. The van der Waals surface area contributed by atoms with Crippen LogP contribution < -0.4 is 10.6 Å². The number of carbonyl (C=O) groups excluding carboxylic acids is 1. The van der Waals surface area contributed by atoms with Gasteiger partial charge in [0, 0.05) is 33.2 Å². The Bertz CT molecular complexity index is 1630. The number of carbonyl (C=O) groups is 2. The first-order valence-electron chi connectivity index (χ1n) is 21.4. The molecule has 0 spiro atoms. The first kappa shape index (κ1) is 42.1. The summed E-state index contributed by atoms with van der Waals surface area (Å²) in [5.74, 6) is 1.63. The highest BCUT2D eigenvalue weighted by Crippen LogP contribution is 2.74. The van der Waals surface area contributed by atoms with Gasteiger partial charge in [0.15, 0.2) is 0 Å². The molecule has 2 heterocycles. The molecule has 6 rings (SSSR count). The van der Waals surface area contributed by atoms with Gasteiger partial charge in [0.25, 0.3) is 5.91 Å². The number of likely N-dealkylation sites (N-methyl/N-ethyl adjacent to an activating group) is 1. The van der Waals surface area contributed by atoms with Crippen LogP contribution in [0, 0.1) is 56.7 Å². The number of nitrogens with one attached hydrogen (secondary N) is 2. The second kappa shape index (κ2) is 14.7. The third-order valence-electron chi connectivity index (χ3n) is 16.9. The van der Waals surface area contributed by atoms with E-state index in [1.54, 1.807) is 0 Å². The van der Waals surface area contributed by atoms with Gasteiger partial charge in [-0.25, -0.2) is 14.5 Å². The second-order valence-corrected chi connectivity index (χ2v) is 20.6. The molecule has 4 aliphatic carbocycles. The molecule has 1 saturated heterocycles. The van der Waals surface area contributed by atoms with Crippen molar-refractivity contribution in [2.75, 3.05) is 26.4 Å². The molecule has 1 aromatic rings. The maximum Gasteiger partial charge on any atom is 0.506 e. The average Bonchev–Trinajstić information content (AvgIpc) is 3.59. The zero-order valence-corrected chi connectivity index (χ0v) is 36.3. The molecule has 55 heavy (non-hydrogen) atoms. The molecule has 0 aromatic carbocycles. The summed E-state index contributed by atoms with van der Waals surface area (Å²) in [5, 5.41) is 21.8. The molecule has 12 atom stereocenters. The standard InChI is InChI=1S/C44H73N5O6/c1-14-46-43(13,27(4)5)23-54-34-32(49-35(45-25-47-49)36(50)48-28(6)7)21-44-24-53-22-40(34,10)33(44)16-15-30-31(44)17-18-42(12)37(55-38(51)52)39(9,29(8)26(2)3)19-20-41(30,42)11/h17,25-30,32-34,37,46H,14-16,18-24H2,1-13H3,(H,48,50)(H,51,52)/t29-,30+,32-,33+,34+,37-,39-,40-,41-,42-,43+,44+/m1/s1. The zero-order valence-electron chi connectivity index (χ0n) is 36.3. The molecule has 1 amide bonds.